The Morgan fingerprint density at radius 3 is 2.65 bits per heavy atom. The van der Waals surface area contributed by atoms with Crippen LogP contribution in [0.1, 0.15) is 28.0 Å². The van der Waals surface area contributed by atoms with Gasteiger partial charge < -0.3 is 24.1 Å². The van der Waals surface area contributed by atoms with Crippen molar-refractivity contribution in [2.24, 2.45) is 0 Å². The van der Waals surface area contributed by atoms with Crippen molar-refractivity contribution in [3.63, 3.8) is 0 Å². The van der Waals surface area contributed by atoms with E-state index in [0.717, 1.165) is 48.6 Å². The summed E-state index contributed by atoms with van der Waals surface area (Å²) >= 11 is 0. The van der Waals surface area contributed by atoms with E-state index in [4.69, 9.17) is 14.2 Å². The first-order chi connectivity index (χ1) is 15.1. The highest BCUT2D eigenvalue weighted by Crippen LogP contribution is 2.31. The highest BCUT2D eigenvalue weighted by Gasteiger charge is 2.11. The molecular weight excluding hydrogens is 394 g/mol. The molecule has 1 aromatic heterocycles. The summed E-state index contributed by atoms with van der Waals surface area (Å²) in [6.07, 6.45) is 6.64. The lowest BCUT2D eigenvalue weighted by molar-refractivity contribution is 0.112. The van der Waals surface area contributed by atoms with Crippen LogP contribution in [0.15, 0.2) is 48.9 Å². The molecule has 2 heterocycles. The molecule has 0 atom stereocenters. The molecule has 3 aromatic rings. The third-order valence-electron chi connectivity index (χ3n) is 4.83. The van der Waals surface area contributed by atoms with Gasteiger partial charge in [-0.1, -0.05) is 6.07 Å². The zero-order chi connectivity index (χ0) is 22.1. The van der Waals surface area contributed by atoms with Crippen LogP contribution in [0.4, 0.5) is 0 Å². The average Bonchev–Trinajstić information content (AvgIpc) is 3.25. The molecular formula is C24H29N3O4. The van der Waals surface area contributed by atoms with E-state index < -0.39 is 0 Å². The summed E-state index contributed by atoms with van der Waals surface area (Å²) in [5.41, 5.74) is 3.71. The van der Waals surface area contributed by atoms with Gasteiger partial charge in [0.2, 0.25) is 0 Å². The van der Waals surface area contributed by atoms with Crippen LogP contribution in [0, 0.1) is 6.92 Å². The lowest BCUT2D eigenvalue weighted by Crippen LogP contribution is -2.15. The zero-order valence-corrected chi connectivity index (χ0v) is 18.3. The zero-order valence-electron chi connectivity index (χ0n) is 18.3. The monoisotopic (exact) mass is 423 g/mol. The molecule has 7 nitrogen and oxygen atoms in total. The van der Waals surface area contributed by atoms with Gasteiger partial charge in [-0.05, 0) is 69.3 Å². The van der Waals surface area contributed by atoms with E-state index in [1.807, 2.05) is 36.9 Å². The van der Waals surface area contributed by atoms with Crippen LogP contribution in [0.2, 0.25) is 0 Å². The smallest absolute Gasteiger partial charge is 0.161 e. The van der Waals surface area contributed by atoms with Gasteiger partial charge in [-0.15, -0.1) is 0 Å². The number of nitrogens with one attached hydrogen (secondary N) is 1. The van der Waals surface area contributed by atoms with Crippen LogP contribution in [0.3, 0.4) is 0 Å². The molecule has 4 rings (SSSR count). The van der Waals surface area contributed by atoms with Gasteiger partial charge in [0, 0.05) is 11.8 Å². The van der Waals surface area contributed by atoms with Gasteiger partial charge in [-0.3, -0.25) is 4.79 Å². The molecule has 0 unspecified atom stereocenters. The lowest BCUT2D eigenvalue weighted by Gasteiger charge is -2.18. The van der Waals surface area contributed by atoms with E-state index in [-0.39, 0.29) is 0 Å². The molecule has 2 aromatic carbocycles. The first-order valence-corrected chi connectivity index (χ1v) is 10.3. The first kappa shape index (κ1) is 22.4. The van der Waals surface area contributed by atoms with Crippen LogP contribution >= 0.6 is 0 Å². The molecule has 1 aliphatic rings. The predicted octanol–water partition coefficient (Wildman–Crippen LogP) is 3.61. The Hall–Kier alpha value is -3.32. The van der Waals surface area contributed by atoms with E-state index >= 15 is 0 Å². The number of carbonyl (C=O) groups excluding carboxylic acids is 1. The van der Waals surface area contributed by atoms with Gasteiger partial charge in [0.05, 0.1) is 24.8 Å². The van der Waals surface area contributed by atoms with Crippen molar-refractivity contribution < 1.29 is 19.0 Å². The Bertz CT molecular complexity index is 1000. The number of ether oxygens (including phenoxy) is 3. The molecule has 0 saturated carbocycles. The minimum absolute atomic E-state index is 0.595. The van der Waals surface area contributed by atoms with Gasteiger partial charge in [0.15, 0.2) is 11.5 Å². The van der Waals surface area contributed by atoms with Gasteiger partial charge in [-0.25, -0.2) is 4.98 Å². The fraction of sp³-hybridized carbons (Fsp3) is 0.333. The molecule has 31 heavy (non-hydrogen) atoms. The van der Waals surface area contributed by atoms with E-state index in [0.29, 0.717) is 24.5 Å². The predicted molar refractivity (Wildman–Crippen MR) is 120 cm³/mol. The van der Waals surface area contributed by atoms with Crippen LogP contribution in [-0.2, 0) is 6.42 Å². The summed E-state index contributed by atoms with van der Waals surface area (Å²) in [7, 11) is 3.56. The van der Waals surface area contributed by atoms with Gasteiger partial charge in [0.25, 0.3) is 0 Å². The molecule has 0 bridgehead atoms. The number of aromatic nitrogens is 2. The Kier molecular flexibility index (Phi) is 8.06. The summed E-state index contributed by atoms with van der Waals surface area (Å²) in [5.74, 6) is 2.42. The molecule has 0 saturated heterocycles. The number of rotatable bonds is 7. The van der Waals surface area contributed by atoms with Crippen molar-refractivity contribution in [2.45, 2.75) is 19.8 Å². The molecule has 0 spiro atoms. The summed E-state index contributed by atoms with van der Waals surface area (Å²) in [6, 6.07) is 11.5. The SMILES string of the molecule is CNCCCc1ccc2c(c1)OCCO2.COc1cc(C=O)ccc1-n1cnc(C)c1. The Morgan fingerprint density at radius 1 is 1.16 bits per heavy atom. The summed E-state index contributed by atoms with van der Waals surface area (Å²) in [4.78, 5) is 14.8. The van der Waals surface area contributed by atoms with Crippen molar-refractivity contribution in [2.75, 3.05) is 33.9 Å². The van der Waals surface area contributed by atoms with E-state index in [1.165, 1.54) is 5.56 Å². The second-order valence-corrected chi connectivity index (χ2v) is 7.16. The Morgan fingerprint density at radius 2 is 1.97 bits per heavy atom. The van der Waals surface area contributed by atoms with Crippen molar-refractivity contribution in [1.29, 1.82) is 0 Å². The maximum absolute atomic E-state index is 10.7. The fourth-order valence-electron chi connectivity index (χ4n) is 3.25. The van der Waals surface area contributed by atoms with Crippen LogP contribution < -0.4 is 19.5 Å². The summed E-state index contributed by atoms with van der Waals surface area (Å²) in [6.45, 7) is 4.29. The lowest BCUT2D eigenvalue weighted by atomic mass is 10.1. The third kappa shape index (κ3) is 6.08. The topological polar surface area (TPSA) is 74.6 Å². The number of nitrogens with zero attached hydrogens (tertiary/aromatic N) is 2. The van der Waals surface area contributed by atoms with Gasteiger partial charge >= 0.3 is 0 Å². The molecule has 7 heteroatoms. The fourth-order valence-corrected chi connectivity index (χ4v) is 3.25. The number of aldehydes is 1. The first-order valence-electron chi connectivity index (χ1n) is 10.3. The minimum atomic E-state index is 0.595. The molecule has 1 aliphatic heterocycles. The minimum Gasteiger partial charge on any atom is -0.495 e. The molecule has 0 amide bonds. The largest absolute Gasteiger partial charge is 0.495 e. The highest BCUT2D eigenvalue weighted by molar-refractivity contribution is 5.76. The third-order valence-corrected chi connectivity index (χ3v) is 4.83. The van der Waals surface area contributed by atoms with Crippen molar-refractivity contribution >= 4 is 6.29 Å². The molecule has 0 fully saturated rings. The average molecular weight is 424 g/mol. The van der Waals surface area contributed by atoms with Crippen molar-refractivity contribution in [3.05, 3.63) is 65.7 Å². The van der Waals surface area contributed by atoms with E-state index in [9.17, 15) is 4.79 Å². The number of methoxy groups -OCH3 is 1. The van der Waals surface area contributed by atoms with E-state index in [1.54, 1.807) is 25.6 Å². The maximum Gasteiger partial charge on any atom is 0.161 e. The number of hydrogen-bond acceptors (Lipinski definition) is 6. The quantitative estimate of drug-likeness (QED) is 0.462. The number of aryl methyl sites for hydroxylation is 2. The Balaban J connectivity index is 0.000000176. The van der Waals surface area contributed by atoms with Crippen LogP contribution in [-0.4, -0.2) is 49.8 Å². The summed E-state index contributed by atoms with van der Waals surface area (Å²) in [5, 5.41) is 3.14. The number of imidazole rings is 1. The normalized spacial score (nSPS) is 12.0. The highest BCUT2D eigenvalue weighted by atomic mass is 16.6. The number of benzene rings is 2. The van der Waals surface area contributed by atoms with Gasteiger partial charge in [-0.2, -0.15) is 0 Å². The van der Waals surface area contributed by atoms with Crippen molar-refractivity contribution in [3.8, 4) is 22.9 Å². The van der Waals surface area contributed by atoms with Crippen molar-refractivity contribution in [1.82, 2.24) is 14.9 Å². The van der Waals surface area contributed by atoms with E-state index in [2.05, 4.69) is 22.4 Å². The number of fused-ring (bicyclic) bond motifs is 1. The van der Waals surface area contributed by atoms with Crippen LogP contribution in [0.5, 0.6) is 17.2 Å². The van der Waals surface area contributed by atoms with Crippen LogP contribution in [0.25, 0.3) is 5.69 Å². The Labute approximate surface area is 183 Å². The second-order valence-electron chi connectivity index (χ2n) is 7.16. The molecule has 0 radical (unpaired) electrons. The van der Waals surface area contributed by atoms with Gasteiger partial charge in [0.1, 0.15) is 25.2 Å². The number of hydrogen-bond donors (Lipinski definition) is 1. The molecule has 0 aliphatic carbocycles. The standard InChI is InChI=1S/C12H12N2O2.C12H17NO2/c1-9-6-14(8-13-9)11-4-3-10(7-15)5-12(11)16-2;1-13-6-2-3-10-4-5-11-12(9-10)15-8-7-14-11/h3-8H,1-2H3;4-5,9,13H,2-3,6-8H2,1H3. The molecule has 1 N–H and O–H groups in total. The second kappa shape index (κ2) is 11.2. The maximum atomic E-state index is 10.7. The number of carbonyl (C=O) groups is 1. The summed E-state index contributed by atoms with van der Waals surface area (Å²) < 4.78 is 18.1. The molecule has 164 valence electrons.